The molecule has 0 spiro atoms. The molecule has 0 aliphatic carbocycles. The van der Waals surface area contributed by atoms with Crippen molar-refractivity contribution in [3.63, 3.8) is 0 Å². The second-order valence-corrected chi connectivity index (χ2v) is 4.52. The van der Waals surface area contributed by atoms with Crippen molar-refractivity contribution in [2.75, 3.05) is 12.4 Å². The highest BCUT2D eigenvalue weighted by atomic mass is 19.1. The number of nitrogens with one attached hydrogen (secondary N) is 1. The molecule has 1 N–H and O–H groups in total. The van der Waals surface area contributed by atoms with E-state index >= 15 is 0 Å². The van der Waals surface area contributed by atoms with Gasteiger partial charge in [0.25, 0.3) is 0 Å². The van der Waals surface area contributed by atoms with E-state index in [2.05, 4.69) is 5.32 Å². The molecule has 0 saturated heterocycles. The summed E-state index contributed by atoms with van der Waals surface area (Å²) >= 11 is 0. The summed E-state index contributed by atoms with van der Waals surface area (Å²) < 4.78 is 31.4. The number of carbonyl (C=O) groups excluding carboxylic acids is 1. The number of amides is 1. The molecule has 0 radical (unpaired) electrons. The molecule has 0 unspecified atom stereocenters. The quantitative estimate of drug-likeness (QED) is 0.915. The van der Waals surface area contributed by atoms with Crippen LogP contribution in [0.5, 0.6) is 5.75 Å². The first-order valence-electron chi connectivity index (χ1n) is 6.46. The average molecular weight is 291 g/mol. The summed E-state index contributed by atoms with van der Waals surface area (Å²) in [5.74, 6) is -0.878. The Labute approximate surface area is 121 Å². The summed E-state index contributed by atoms with van der Waals surface area (Å²) in [5, 5.41) is 2.37. The molecule has 0 aliphatic rings. The zero-order chi connectivity index (χ0) is 15.2. The minimum Gasteiger partial charge on any atom is -0.497 e. The summed E-state index contributed by atoms with van der Waals surface area (Å²) in [6.07, 6.45) is 0.690. The van der Waals surface area contributed by atoms with Crippen LogP contribution in [0.3, 0.4) is 0 Å². The molecule has 0 fully saturated rings. The van der Waals surface area contributed by atoms with Crippen LogP contribution in [0.2, 0.25) is 0 Å². The van der Waals surface area contributed by atoms with E-state index in [1.807, 2.05) is 12.1 Å². The van der Waals surface area contributed by atoms with Crippen LogP contribution in [0.25, 0.3) is 0 Å². The lowest BCUT2D eigenvalue weighted by atomic mass is 10.1. The predicted molar refractivity (Wildman–Crippen MR) is 76.3 cm³/mol. The highest BCUT2D eigenvalue weighted by Gasteiger charge is 2.08. The van der Waals surface area contributed by atoms with Crippen molar-refractivity contribution in [2.45, 2.75) is 12.8 Å². The second-order valence-electron chi connectivity index (χ2n) is 4.52. The SMILES string of the molecule is COc1ccc(CCC(=O)Nc2cc(F)ccc2F)cc1. The van der Waals surface area contributed by atoms with Crippen molar-refractivity contribution >= 4 is 11.6 Å². The van der Waals surface area contributed by atoms with Gasteiger partial charge in [-0.3, -0.25) is 4.79 Å². The van der Waals surface area contributed by atoms with Crippen LogP contribution in [-0.2, 0) is 11.2 Å². The molecule has 0 atom stereocenters. The standard InChI is InChI=1S/C16H15F2NO2/c1-21-13-6-2-11(3-7-13)4-9-16(20)19-15-10-12(17)5-8-14(15)18/h2-3,5-8,10H,4,9H2,1H3,(H,19,20). The van der Waals surface area contributed by atoms with Crippen molar-refractivity contribution < 1.29 is 18.3 Å². The molecule has 5 heteroatoms. The first kappa shape index (κ1) is 15.0. The number of halogens is 2. The lowest BCUT2D eigenvalue weighted by molar-refractivity contribution is -0.116. The molecule has 21 heavy (non-hydrogen) atoms. The normalized spacial score (nSPS) is 10.2. The Balaban J connectivity index is 1.91. The van der Waals surface area contributed by atoms with Crippen molar-refractivity contribution in [3.05, 3.63) is 59.7 Å². The monoisotopic (exact) mass is 291 g/mol. The summed E-state index contributed by atoms with van der Waals surface area (Å²) in [7, 11) is 1.58. The van der Waals surface area contributed by atoms with Crippen molar-refractivity contribution in [1.29, 1.82) is 0 Å². The zero-order valence-electron chi connectivity index (χ0n) is 11.5. The third-order valence-electron chi connectivity index (χ3n) is 3.00. The summed E-state index contributed by atoms with van der Waals surface area (Å²) in [6.45, 7) is 0. The van der Waals surface area contributed by atoms with Crippen LogP contribution >= 0.6 is 0 Å². The number of anilines is 1. The Hall–Kier alpha value is -2.43. The molecular formula is C16H15F2NO2. The molecule has 2 aromatic rings. The van der Waals surface area contributed by atoms with Gasteiger partial charge < -0.3 is 10.1 Å². The lowest BCUT2D eigenvalue weighted by Gasteiger charge is -2.07. The van der Waals surface area contributed by atoms with E-state index in [4.69, 9.17) is 4.74 Å². The minimum absolute atomic E-state index is 0.144. The number of methoxy groups -OCH3 is 1. The van der Waals surface area contributed by atoms with Crippen LogP contribution < -0.4 is 10.1 Å². The van der Waals surface area contributed by atoms with E-state index < -0.39 is 11.6 Å². The molecule has 3 nitrogen and oxygen atoms in total. The molecule has 1 amide bonds. The lowest BCUT2D eigenvalue weighted by Crippen LogP contribution is -2.13. The average Bonchev–Trinajstić information content (AvgIpc) is 2.49. The van der Waals surface area contributed by atoms with Crippen LogP contribution in [0.1, 0.15) is 12.0 Å². The van der Waals surface area contributed by atoms with Crippen molar-refractivity contribution in [3.8, 4) is 5.75 Å². The van der Waals surface area contributed by atoms with Gasteiger partial charge in [-0.15, -0.1) is 0 Å². The fourth-order valence-corrected chi connectivity index (χ4v) is 1.86. The Morgan fingerprint density at radius 1 is 1.14 bits per heavy atom. The Kier molecular flexibility index (Phi) is 4.87. The first-order valence-corrected chi connectivity index (χ1v) is 6.46. The molecule has 110 valence electrons. The van der Waals surface area contributed by atoms with Gasteiger partial charge in [0, 0.05) is 12.5 Å². The highest BCUT2D eigenvalue weighted by Crippen LogP contribution is 2.16. The van der Waals surface area contributed by atoms with Gasteiger partial charge in [-0.1, -0.05) is 12.1 Å². The zero-order valence-corrected chi connectivity index (χ0v) is 11.5. The van der Waals surface area contributed by atoms with Crippen LogP contribution in [0.15, 0.2) is 42.5 Å². The van der Waals surface area contributed by atoms with E-state index in [9.17, 15) is 13.6 Å². The fraction of sp³-hybridized carbons (Fsp3) is 0.188. The maximum Gasteiger partial charge on any atom is 0.224 e. The van der Waals surface area contributed by atoms with Gasteiger partial charge in [0.1, 0.15) is 17.4 Å². The maximum absolute atomic E-state index is 13.4. The van der Waals surface area contributed by atoms with E-state index in [1.54, 1.807) is 19.2 Å². The number of rotatable bonds is 5. The third-order valence-corrected chi connectivity index (χ3v) is 3.00. The van der Waals surface area contributed by atoms with Gasteiger partial charge >= 0.3 is 0 Å². The number of carbonyl (C=O) groups is 1. The van der Waals surface area contributed by atoms with Gasteiger partial charge in [-0.05, 0) is 36.2 Å². The molecule has 2 aromatic carbocycles. The predicted octanol–water partition coefficient (Wildman–Crippen LogP) is 3.54. The number of aryl methyl sites for hydroxylation is 1. The largest absolute Gasteiger partial charge is 0.497 e. The first-order chi connectivity index (χ1) is 10.1. The van der Waals surface area contributed by atoms with Crippen LogP contribution in [0, 0.1) is 11.6 Å². The third kappa shape index (κ3) is 4.27. The van der Waals surface area contributed by atoms with Gasteiger partial charge in [0.15, 0.2) is 0 Å². The van der Waals surface area contributed by atoms with Crippen molar-refractivity contribution in [2.24, 2.45) is 0 Å². The van der Waals surface area contributed by atoms with Gasteiger partial charge in [0.2, 0.25) is 5.91 Å². The number of ether oxygens (including phenoxy) is 1. The fourth-order valence-electron chi connectivity index (χ4n) is 1.86. The molecule has 0 aliphatic heterocycles. The molecule has 0 aromatic heterocycles. The molecule has 2 rings (SSSR count). The molecular weight excluding hydrogens is 276 g/mol. The van der Waals surface area contributed by atoms with Gasteiger partial charge in [-0.25, -0.2) is 8.78 Å². The van der Waals surface area contributed by atoms with E-state index in [0.29, 0.717) is 6.42 Å². The van der Waals surface area contributed by atoms with Crippen molar-refractivity contribution in [1.82, 2.24) is 0 Å². The van der Waals surface area contributed by atoms with Crippen LogP contribution in [0.4, 0.5) is 14.5 Å². The highest BCUT2D eigenvalue weighted by molar-refractivity contribution is 5.90. The molecule has 0 heterocycles. The molecule has 0 saturated carbocycles. The molecule has 0 bridgehead atoms. The Bertz CT molecular complexity index is 627. The summed E-state index contributed by atoms with van der Waals surface area (Å²) in [4.78, 5) is 11.7. The smallest absolute Gasteiger partial charge is 0.224 e. The van der Waals surface area contributed by atoms with E-state index in [-0.39, 0.29) is 18.0 Å². The number of benzene rings is 2. The van der Waals surface area contributed by atoms with Gasteiger partial charge in [-0.2, -0.15) is 0 Å². The summed E-state index contributed by atoms with van der Waals surface area (Å²) in [5.41, 5.74) is 0.820. The van der Waals surface area contributed by atoms with Crippen LogP contribution in [-0.4, -0.2) is 13.0 Å². The topological polar surface area (TPSA) is 38.3 Å². The Morgan fingerprint density at radius 3 is 2.52 bits per heavy atom. The second kappa shape index (κ2) is 6.83. The van der Waals surface area contributed by atoms with E-state index in [1.165, 1.54) is 0 Å². The Morgan fingerprint density at radius 2 is 1.86 bits per heavy atom. The summed E-state index contributed by atoms with van der Waals surface area (Å²) in [6, 6.07) is 10.3. The maximum atomic E-state index is 13.4. The van der Waals surface area contributed by atoms with Gasteiger partial charge in [0.05, 0.1) is 12.8 Å². The minimum atomic E-state index is -0.658. The van der Waals surface area contributed by atoms with E-state index in [0.717, 1.165) is 29.5 Å². The number of hydrogen-bond donors (Lipinski definition) is 1. The number of hydrogen-bond acceptors (Lipinski definition) is 2.